The van der Waals surface area contributed by atoms with E-state index in [1.807, 2.05) is 25.1 Å². The first-order valence-corrected chi connectivity index (χ1v) is 8.81. The second-order valence-electron chi connectivity index (χ2n) is 6.68. The fourth-order valence-corrected chi connectivity index (χ4v) is 2.90. The second kappa shape index (κ2) is 6.48. The van der Waals surface area contributed by atoms with Crippen molar-refractivity contribution in [3.05, 3.63) is 35.5 Å². The first-order chi connectivity index (χ1) is 12.1. The lowest BCUT2D eigenvalue weighted by Crippen LogP contribution is -2.36. The molecule has 0 radical (unpaired) electrons. The molecule has 2 atom stereocenters. The van der Waals surface area contributed by atoms with Crippen molar-refractivity contribution in [1.29, 1.82) is 0 Å². The van der Waals surface area contributed by atoms with Crippen LogP contribution < -0.4 is 15.4 Å². The van der Waals surface area contributed by atoms with Gasteiger partial charge in [-0.3, -0.25) is 4.79 Å². The minimum absolute atomic E-state index is 0.0860. The van der Waals surface area contributed by atoms with E-state index in [1.54, 1.807) is 0 Å². The van der Waals surface area contributed by atoms with Gasteiger partial charge in [-0.05, 0) is 43.9 Å². The summed E-state index contributed by atoms with van der Waals surface area (Å²) in [6, 6.07) is 5.92. The molecule has 0 spiro atoms. The van der Waals surface area contributed by atoms with Crippen LogP contribution in [0, 0.1) is 0 Å². The molecule has 0 bridgehead atoms. The van der Waals surface area contributed by atoms with Gasteiger partial charge in [-0.25, -0.2) is 0 Å². The van der Waals surface area contributed by atoms with Gasteiger partial charge in [-0.2, -0.15) is 4.98 Å². The first-order valence-electron chi connectivity index (χ1n) is 8.81. The highest BCUT2D eigenvalue weighted by molar-refractivity contribution is 5.97. The lowest BCUT2D eigenvalue weighted by Gasteiger charge is -2.26. The normalized spacial score (nSPS) is 20.6. The largest absolute Gasteiger partial charge is 0.478 e. The molecule has 1 aromatic heterocycles. The quantitative estimate of drug-likeness (QED) is 0.839. The number of anilines is 1. The van der Waals surface area contributed by atoms with Crippen LogP contribution in [0.1, 0.15) is 62.3 Å². The van der Waals surface area contributed by atoms with Crippen LogP contribution in [0.2, 0.25) is 0 Å². The molecule has 1 aliphatic carbocycles. The summed E-state index contributed by atoms with van der Waals surface area (Å²) in [5.74, 6) is 2.56. The van der Waals surface area contributed by atoms with Gasteiger partial charge in [0.1, 0.15) is 5.75 Å². The van der Waals surface area contributed by atoms with Crippen molar-refractivity contribution >= 4 is 11.6 Å². The van der Waals surface area contributed by atoms with Crippen LogP contribution in [-0.2, 0) is 11.3 Å². The number of carbonyl (C=O) groups excluding carboxylic acids is 1. The third-order valence-electron chi connectivity index (χ3n) is 4.68. The molecule has 1 aromatic carbocycles. The Morgan fingerprint density at radius 2 is 2.24 bits per heavy atom. The van der Waals surface area contributed by atoms with E-state index < -0.39 is 6.10 Å². The van der Waals surface area contributed by atoms with Crippen molar-refractivity contribution in [2.75, 3.05) is 5.32 Å². The predicted molar refractivity (Wildman–Crippen MR) is 91.3 cm³/mol. The average molecular weight is 342 g/mol. The lowest BCUT2D eigenvalue weighted by atomic mass is 10.1. The molecule has 25 heavy (non-hydrogen) atoms. The number of benzene rings is 1. The van der Waals surface area contributed by atoms with Gasteiger partial charge in [-0.15, -0.1) is 0 Å². The molecule has 7 nitrogen and oxygen atoms in total. The van der Waals surface area contributed by atoms with Crippen molar-refractivity contribution in [3.63, 3.8) is 0 Å². The van der Waals surface area contributed by atoms with Crippen molar-refractivity contribution in [2.24, 2.45) is 0 Å². The number of ether oxygens (including phenoxy) is 1. The third kappa shape index (κ3) is 3.37. The monoisotopic (exact) mass is 342 g/mol. The summed E-state index contributed by atoms with van der Waals surface area (Å²) in [5.41, 5.74) is 1.79. The molecular formula is C18H22N4O3. The Morgan fingerprint density at radius 1 is 1.40 bits per heavy atom. The minimum Gasteiger partial charge on any atom is -0.478 e. The van der Waals surface area contributed by atoms with Crippen LogP contribution >= 0.6 is 0 Å². The Kier molecular flexibility index (Phi) is 4.17. The molecule has 132 valence electrons. The zero-order valence-electron chi connectivity index (χ0n) is 14.4. The zero-order valence-corrected chi connectivity index (χ0v) is 14.4. The van der Waals surface area contributed by atoms with Gasteiger partial charge in [0.05, 0.1) is 12.2 Å². The van der Waals surface area contributed by atoms with Gasteiger partial charge >= 0.3 is 0 Å². The van der Waals surface area contributed by atoms with E-state index in [-0.39, 0.29) is 11.9 Å². The molecule has 2 heterocycles. The molecule has 1 fully saturated rings. The molecular weight excluding hydrogens is 320 g/mol. The highest BCUT2D eigenvalue weighted by atomic mass is 16.5. The highest BCUT2D eigenvalue weighted by Crippen LogP contribution is 2.38. The summed E-state index contributed by atoms with van der Waals surface area (Å²) in [7, 11) is 0. The van der Waals surface area contributed by atoms with E-state index in [0.717, 1.165) is 29.9 Å². The lowest BCUT2D eigenvalue weighted by molar-refractivity contribution is -0.123. The highest BCUT2D eigenvalue weighted by Gasteiger charge is 2.29. The number of aromatic nitrogens is 2. The number of hydrogen-bond acceptors (Lipinski definition) is 6. The van der Waals surface area contributed by atoms with Crippen LogP contribution in [-0.4, -0.2) is 22.2 Å². The van der Waals surface area contributed by atoms with Crippen LogP contribution in [0.4, 0.5) is 5.69 Å². The Labute approximate surface area is 146 Å². The third-order valence-corrected chi connectivity index (χ3v) is 4.68. The fourth-order valence-electron chi connectivity index (χ4n) is 2.90. The average Bonchev–Trinajstić information content (AvgIpc) is 3.37. The van der Waals surface area contributed by atoms with Crippen LogP contribution in [0.5, 0.6) is 5.75 Å². The van der Waals surface area contributed by atoms with Crippen molar-refractivity contribution in [2.45, 2.75) is 57.7 Å². The molecule has 2 N–H and O–H groups in total. The smallest absolute Gasteiger partial charge is 0.265 e. The summed E-state index contributed by atoms with van der Waals surface area (Å²) in [5, 5.41) is 10.3. The van der Waals surface area contributed by atoms with Crippen LogP contribution in [0.25, 0.3) is 0 Å². The van der Waals surface area contributed by atoms with Crippen molar-refractivity contribution in [1.82, 2.24) is 15.5 Å². The number of nitrogens with one attached hydrogen (secondary N) is 2. The predicted octanol–water partition coefficient (Wildman–Crippen LogP) is 2.91. The maximum atomic E-state index is 11.8. The van der Waals surface area contributed by atoms with E-state index >= 15 is 0 Å². The van der Waals surface area contributed by atoms with E-state index in [9.17, 15) is 4.79 Å². The Morgan fingerprint density at radius 3 is 3.00 bits per heavy atom. The topological polar surface area (TPSA) is 89.3 Å². The molecule has 2 aromatic rings. The van der Waals surface area contributed by atoms with E-state index in [4.69, 9.17) is 9.26 Å². The molecule has 4 rings (SSSR count). The molecule has 2 aliphatic rings. The van der Waals surface area contributed by atoms with E-state index in [1.165, 1.54) is 0 Å². The number of fused-ring (bicyclic) bond motifs is 1. The van der Waals surface area contributed by atoms with Crippen LogP contribution in [0.15, 0.2) is 22.7 Å². The Hall–Kier alpha value is -2.41. The summed E-state index contributed by atoms with van der Waals surface area (Å²) in [6.45, 7) is 4.52. The standard InChI is InChI=1S/C18H22N4O3/c1-3-14-18(23)20-13-7-6-12(8-15(13)24-14)10(2)19-9-16-21-17(22-25-16)11-4-5-11/h6-8,10-11,14,19H,3-5,9H2,1-2H3,(H,20,23)/t10-,14+/m1/s1. The second-order valence-corrected chi connectivity index (χ2v) is 6.68. The molecule has 1 amide bonds. The summed E-state index contributed by atoms with van der Waals surface area (Å²) in [6.07, 6.45) is 2.54. The molecule has 1 saturated carbocycles. The Bertz CT molecular complexity index is 784. The SMILES string of the molecule is CC[C@@H]1Oc2cc([C@@H](C)NCc3nc(C4CC4)no3)ccc2NC1=O. The molecule has 7 heteroatoms. The summed E-state index contributed by atoms with van der Waals surface area (Å²) < 4.78 is 11.1. The Balaban J connectivity index is 1.41. The van der Waals surface area contributed by atoms with E-state index in [0.29, 0.717) is 30.5 Å². The van der Waals surface area contributed by atoms with E-state index in [2.05, 4.69) is 27.7 Å². The zero-order chi connectivity index (χ0) is 17.4. The number of carbonyl (C=O) groups is 1. The van der Waals surface area contributed by atoms with Gasteiger partial charge in [0.25, 0.3) is 5.91 Å². The van der Waals surface area contributed by atoms with Crippen LogP contribution in [0.3, 0.4) is 0 Å². The van der Waals surface area contributed by atoms with Gasteiger partial charge in [0, 0.05) is 12.0 Å². The molecule has 1 aliphatic heterocycles. The first kappa shape index (κ1) is 16.1. The van der Waals surface area contributed by atoms with Crippen molar-refractivity contribution < 1.29 is 14.1 Å². The maximum Gasteiger partial charge on any atom is 0.265 e. The van der Waals surface area contributed by atoms with Crippen molar-refractivity contribution in [3.8, 4) is 5.75 Å². The van der Waals surface area contributed by atoms with Gasteiger partial charge in [-0.1, -0.05) is 18.1 Å². The maximum absolute atomic E-state index is 11.8. The number of amides is 1. The fraction of sp³-hybridized carbons (Fsp3) is 0.500. The van der Waals surface area contributed by atoms with Gasteiger partial charge < -0.3 is 19.9 Å². The number of nitrogens with zero attached hydrogens (tertiary/aromatic N) is 2. The number of hydrogen-bond donors (Lipinski definition) is 2. The minimum atomic E-state index is -0.426. The summed E-state index contributed by atoms with van der Waals surface area (Å²) in [4.78, 5) is 16.3. The number of rotatable bonds is 6. The van der Waals surface area contributed by atoms with Gasteiger partial charge in [0.15, 0.2) is 11.9 Å². The molecule has 0 saturated heterocycles. The van der Waals surface area contributed by atoms with Gasteiger partial charge in [0.2, 0.25) is 5.89 Å². The molecule has 0 unspecified atom stereocenters. The summed E-state index contributed by atoms with van der Waals surface area (Å²) >= 11 is 0.